The second kappa shape index (κ2) is 6.83. The van der Waals surface area contributed by atoms with Crippen molar-refractivity contribution in [2.24, 2.45) is 0 Å². The van der Waals surface area contributed by atoms with Crippen LogP contribution in [0.4, 0.5) is 0 Å². The summed E-state index contributed by atoms with van der Waals surface area (Å²) >= 11 is 0. The minimum absolute atomic E-state index is 0.348. The maximum atomic E-state index is 5.40. The molecule has 0 fully saturated rings. The van der Waals surface area contributed by atoms with Gasteiger partial charge in [-0.05, 0) is 58.1 Å². The van der Waals surface area contributed by atoms with Crippen molar-refractivity contribution in [3.05, 3.63) is 59.9 Å². The lowest BCUT2D eigenvalue weighted by atomic mass is 10.0. The van der Waals surface area contributed by atoms with Gasteiger partial charge in [-0.25, -0.2) is 4.98 Å². The van der Waals surface area contributed by atoms with E-state index in [0.717, 1.165) is 11.3 Å². The zero-order chi connectivity index (χ0) is 17.9. The molecule has 0 atom stereocenters. The van der Waals surface area contributed by atoms with Crippen molar-refractivity contribution in [1.82, 2.24) is 25.0 Å². The first kappa shape index (κ1) is 16.8. The van der Waals surface area contributed by atoms with E-state index in [-0.39, 0.29) is 5.54 Å². The van der Waals surface area contributed by atoms with Crippen LogP contribution in [0.2, 0.25) is 0 Å². The summed E-state index contributed by atoms with van der Waals surface area (Å²) in [5.41, 5.74) is 1.82. The first-order valence-electron chi connectivity index (χ1n) is 7.88. The maximum Gasteiger partial charge on any atom is 0.246 e. The largest absolute Gasteiger partial charge is 0.337 e. The van der Waals surface area contributed by atoms with Crippen LogP contribution in [0, 0.1) is 11.8 Å². The molecule has 0 aliphatic carbocycles. The molecule has 0 saturated carbocycles. The van der Waals surface area contributed by atoms with Crippen LogP contribution < -0.4 is 0 Å². The van der Waals surface area contributed by atoms with Crippen molar-refractivity contribution in [3.63, 3.8) is 0 Å². The molecule has 0 aliphatic rings. The van der Waals surface area contributed by atoms with Gasteiger partial charge in [-0.2, -0.15) is 4.98 Å². The molecule has 0 unspecified atom stereocenters. The summed E-state index contributed by atoms with van der Waals surface area (Å²) in [7, 11) is 3.94. The molecular weight excluding hydrogens is 314 g/mol. The van der Waals surface area contributed by atoms with Crippen molar-refractivity contribution >= 4 is 0 Å². The highest BCUT2D eigenvalue weighted by molar-refractivity contribution is 5.50. The number of hydrogen-bond acceptors (Lipinski definition) is 6. The molecule has 25 heavy (non-hydrogen) atoms. The smallest absolute Gasteiger partial charge is 0.246 e. The quantitative estimate of drug-likeness (QED) is 0.687. The summed E-state index contributed by atoms with van der Waals surface area (Å²) in [5.74, 6) is 7.05. The van der Waals surface area contributed by atoms with Gasteiger partial charge in [0.15, 0.2) is 0 Å². The van der Waals surface area contributed by atoms with E-state index in [1.807, 2.05) is 63.2 Å². The highest BCUT2D eigenvalue weighted by Gasteiger charge is 2.30. The molecule has 0 spiro atoms. The monoisotopic (exact) mass is 333 g/mol. The van der Waals surface area contributed by atoms with Crippen LogP contribution in [0.25, 0.3) is 11.5 Å². The molecule has 3 aromatic rings. The summed E-state index contributed by atoms with van der Waals surface area (Å²) in [5, 5.41) is 4.04. The lowest BCUT2D eigenvalue weighted by Gasteiger charge is -2.27. The van der Waals surface area contributed by atoms with Gasteiger partial charge in [-0.3, -0.25) is 9.88 Å². The first-order chi connectivity index (χ1) is 12.0. The van der Waals surface area contributed by atoms with E-state index in [2.05, 4.69) is 31.9 Å². The Labute approximate surface area is 146 Å². The van der Waals surface area contributed by atoms with Crippen molar-refractivity contribution in [2.75, 3.05) is 14.1 Å². The number of aromatic nitrogens is 4. The molecule has 3 rings (SSSR count). The van der Waals surface area contributed by atoms with E-state index in [1.54, 1.807) is 12.4 Å². The van der Waals surface area contributed by atoms with Gasteiger partial charge in [0, 0.05) is 18.0 Å². The number of pyridine rings is 2. The molecule has 6 heteroatoms. The van der Waals surface area contributed by atoms with E-state index in [0.29, 0.717) is 17.4 Å². The summed E-state index contributed by atoms with van der Waals surface area (Å²) in [6.07, 6.45) is 3.41. The normalized spacial score (nSPS) is 11.2. The van der Waals surface area contributed by atoms with E-state index in [1.165, 1.54) is 0 Å². The van der Waals surface area contributed by atoms with E-state index < -0.39 is 0 Å². The lowest BCUT2D eigenvalue weighted by Crippen LogP contribution is -2.35. The third-order valence-electron chi connectivity index (χ3n) is 4.06. The fourth-order valence-electron chi connectivity index (χ4n) is 1.94. The fourth-order valence-corrected chi connectivity index (χ4v) is 1.94. The number of rotatable bonds is 3. The van der Waals surface area contributed by atoms with Crippen LogP contribution in [0.3, 0.4) is 0 Å². The minimum atomic E-state index is -0.348. The Balaban J connectivity index is 1.80. The Morgan fingerprint density at radius 1 is 1.04 bits per heavy atom. The molecule has 0 aliphatic heterocycles. The summed E-state index contributed by atoms with van der Waals surface area (Å²) in [4.78, 5) is 15.0. The predicted molar refractivity (Wildman–Crippen MR) is 94.5 cm³/mol. The van der Waals surface area contributed by atoms with Crippen LogP contribution in [0.15, 0.2) is 47.2 Å². The minimum Gasteiger partial charge on any atom is -0.337 e. The first-order valence-corrected chi connectivity index (χ1v) is 7.88. The van der Waals surface area contributed by atoms with Crippen molar-refractivity contribution in [2.45, 2.75) is 19.4 Å². The van der Waals surface area contributed by atoms with Gasteiger partial charge >= 0.3 is 0 Å². The summed E-state index contributed by atoms with van der Waals surface area (Å²) in [6.45, 7) is 4.04. The third-order valence-corrected chi connectivity index (χ3v) is 4.06. The molecule has 3 aromatic heterocycles. The van der Waals surface area contributed by atoms with Crippen LogP contribution >= 0.6 is 0 Å². The summed E-state index contributed by atoms with van der Waals surface area (Å²) in [6, 6.07) is 9.34. The third kappa shape index (κ3) is 3.73. The highest BCUT2D eigenvalue weighted by Crippen LogP contribution is 2.25. The molecule has 0 aromatic carbocycles. The molecule has 6 nitrogen and oxygen atoms in total. The Kier molecular flexibility index (Phi) is 4.59. The van der Waals surface area contributed by atoms with Crippen molar-refractivity contribution < 1.29 is 4.52 Å². The van der Waals surface area contributed by atoms with Crippen molar-refractivity contribution in [3.8, 4) is 23.4 Å². The average molecular weight is 333 g/mol. The highest BCUT2D eigenvalue weighted by atomic mass is 16.5. The van der Waals surface area contributed by atoms with Crippen LogP contribution in [0.5, 0.6) is 0 Å². The van der Waals surface area contributed by atoms with Gasteiger partial charge < -0.3 is 4.52 Å². The van der Waals surface area contributed by atoms with Gasteiger partial charge in [0.2, 0.25) is 11.7 Å². The standard InChI is InChI=1S/C19H19N5O/c1-19(2,24(3)4)18-22-17(23-25-18)16-11-9-14(13-21-16)8-10-15-7-5-6-12-20-15/h5-7,9,11-13H,1-4H3. The SMILES string of the molecule is CN(C)C(C)(C)c1nc(-c2ccc(C#Cc3ccccn3)cn2)no1. The van der Waals surface area contributed by atoms with Gasteiger partial charge in [-0.1, -0.05) is 17.1 Å². The Bertz CT molecular complexity index is 902. The van der Waals surface area contributed by atoms with E-state index in [9.17, 15) is 0 Å². The van der Waals surface area contributed by atoms with Crippen molar-refractivity contribution in [1.29, 1.82) is 0 Å². The Hall–Kier alpha value is -3.04. The molecule has 0 radical (unpaired) electrons. The van der Waals surface area contributed by atoms with Gasteiger partial charge in [-0.15, -0.1) is 0 Å². The second-order valence-electron chi connectivity index (χ2n) is 6.27. The average Bonchev–Trinajstić information content (AvgIpc) is 3.12. The lowest BCUT2D eigenvalue weighted by molar-refractivity contribution is 0.143. The Morgan fingerprint density at radius 3 is 2.52 bits per heavy atom. The molecule has 0 N–H and O–H groups in total. The maximum absolute atomic E-state index is 5.40. The number of hydrogen-bond donors (Lipinski definition) is 0. The summed E-state index contributed by atoms with van der Waals surface area (Å²) < 4.78 is 5.40. The number of nitrogens with zero attached hydrogens (tertiary/aromatic N) is 5. The zero-order valence-electron chi connectivity index (χ0n) is 14.7. The topological polar surface area (TPSA) is 67.9 Å². The Morgan fingerprint density at radius 2 is 1.88 bits per heavy atom. The fraction of sp³-hybridized carbons (Fsp3) is 0.263. The van der Waals surface area contributed by atoms with E-state index in [4.69, 9.17) is 4.52 Å². The van der Waals surface area contributed by atoms with Crippen LogP contribution in [-0.2, 0) is 5.54 Å². The van der Waals surface area contributed by atoms with Crippen LogP contribution in [0.1, 0.15) is 31.0 Å². The van der Waals surface area contributed by atoms with Gasteiger partial charge in [0.05, 0.1) is 5.54 Å². The molecule has 0 amide bonds. The van der Waals surface area contributed by atoms with Gasteiger partial charge in [0.25, 0.3) is 0 Å². The zero-order valence-corrected chi connectivity index (χ0v) is 14.7. The second-order valence-corrected chi connectivity index (χ2v) is 6.27. The molecule has 0 bridgehead atoms. The van der Waals surface area contributed by atoms with Gasteiger partial charge in [0.1, 0.15) is 11.4 Å². The predicted octanol–water partition coefficient (Wildman–Crippen LogP) is 2.72. The van der Waals surface area contributed by atoms with Crippen LogP contribution in [-0.4, -0.2) is 39.1 Å². The molecule has 0 saturated heterocycles. The molecule has 126 valence electrons. The molecular formula is C19H19N5O. The molecule has 3 heterocycles. The van der Waals surface area contributed by atoms with E-state index >= 15 is 0 Å².